The number of carbonyl (C=O) groups excluding carboxylic acids is 1. The number of aliphatic hydroxyl groups excluding tert-OH is 2. The van der Waals surface area contributed by atoms with Crippen LogP contribution in [0.3, 0.4) is 0 Å². The van der Waals surface area contributed by atoms with Gasteiger partial charge in [-0.05, 0) is 37.2 Å². The van der Waals surface area contributed by atoms with Crippen molar-refractivity contribution in [2.24, 2.45) is 22.7 Å². The molecule has 2 N–H and O–H groups in total. The number of carbonyl (C=O) groups is 1. The Morgan fingerprint density at radius 2 is 2.23 bits per heavy atom. The second-order valence-electron chi connectivity index (χ2n) is 8.77. The van der Waals surface area contributed by atoms with E-state index in [0.29, 0.717) is 19.4 Å². The molecule has 6 heteroatoms. The van der Waals surface area contributed by atoms with Gasteiger partial charge in [0.2, 0.25) is 0 Å². The summed E-state index contributed by atoms with van der Waals surface area (Å²) >= 11 is 0. The maximum absolute atomic E-state index is 13.3. The van der Waals surface area contributed by atoms with Gasteiger partial charge in [-0.1, -0.05) is 13.3 Å². The highest BCUT2D eigenvalue weighted by atomic mass is 16.6. The van der Waals surface area contributed by atoms with E-state index in [1.54, 1.807) is 12.5 Å². The molecular formula is C20H26O6. The van der Waals surface area contributed by atoms with Gasteiger partial charge in [-0.3, -0.25) is 4.79 Å². The van der Waals surface area contributed by atoms with Crippen LogP contribution in [0.1, 0.15) is 50.7 Å². The van der Waals surface area contributed by atoms with Gasteiger partial charge in [0.05, 0.1) is 42.7 Å². The Morgan fingerprint density at radius 3 is 2.88 bits per heavy atom. The highest BCUT2D eigenvalue weighted by Crippen LogP contribution is 2.71. The van der Waals surface area contributed by atoms with Crippen LogP contribution in [0.5, 0.6) is 0 Å². The first-order chi connectivity index (χ1) is 12.5. The van der Waals surface area contributed by atoms with E-state index in [1.165, 1.54) is 0 Å². The van der Waals surface area contributed by atoms with Gasteiger partial charge in [-0.25, -0.2) is 0 Å². The first-order valence-electron chi connectivity index (χ1n) is 9.66. The lowest BCUT2D eigenvalue weighted by Gasteiger charge is -2.71. The summed E-state index contributed by atoms with van der Waals surface area (Å²) in [5.74, 6) is -0.173. The van der Waals surface area contributed by atoms with Crippen molar-refractivity contribution < 1.29 is 28.9 Å². The molecule has 2 saturated heterocycles. The zero-order valence-corrected chi connectivity index (χ0v) is 15.0. The Kier molecular flexibility index (Phi) is 3.44. The average molecular weight is 362 g/mol. The minimum atomic E-state index is -0.712. The summed E-state index contributed by atoms with van der Waals surface area (Å²) in [7, 11) is 0. The zero-order chi connectivity index (χ0) is 18.2. The fourth-order valence-corrected chi connectivity index (χ4v) is 6.74. The van der Waals surface area contributed by atoms with Crippen molar-refractivity contribution in [3.63, 3.8) is 0 Å². The molecule has 1 aromatic rings. The van der Waals surface area contributed by atoms with E-state index >= 15 is 0 Å². The number of rotatable bonds is 2. The van der Waals surface area contributed by atoms with Crippen molar-refractivity contribution in [1.82, 2.24) is 0 Å². The summed E-state index contributed by atoms with van der Waals surface area (Å²) in [4.78, 5) is 13.3. The normalized spacial score (nSPS) is 50.0. The van der Waals surface area contributed by atoms with Gasteiger partial charge in [0.1, 0.15) is 11.7 Å². The number of fused-ring (bicyclic) bond motifs is 1. The second-order valence-corrected chi connectivity index (χ2v) is 8.77. The largest absolute Gasteiger partial charge is 0.472 e. The lowest BCUT2D eigenvalue weighted by Crippen LogP contribution is -2.79. The third-order valence-electron chi connectivity index (χ3n) is 8.13. The first-order valence-corrected chi connectivity index (χ1v) is 9.66. The molecule has 3 heterocycles. The van der Waals surface area contributed by atoms with Gasteiger partial charge in [0.25, 0.3) is 0 Å². The number of esters is 1. The molecule has 2 spiro atoms. The molecule has 0 aromatic carbocycles. The number of hydrogen-bond donors (Lipinski definition) is 2. The highest BCUT2D eigenvalue weighted by molar-refractivity contribution is 5.81. The summed E-state index contributed by atoms with van der Waals surface area (Å²) in [5.41, 5.74) is -1.00. The van der Waals surface area contributed by atoms with Crippen LogP contribution in [0, 0.1) is 22.7 Å². The number of ether oxygens (including phenoxy) is 2. The predicted molar refractivity (Wildman–Crippen MR) is 89.9 cm³/mol. The Hall–Kier alpha value is -1.37. The van der Waals surface area contributed by atoms with Crippen LogP contribution in [-0.4, -0.2) is 41.1 Å². The molecule has 2 saturated carbocycles. The topological polar surface area (TPSA) is 89.1 Å². The summed E-state index contributed by atoms with van der Waals surface area (Å²) in [6.07, 6.45) is 6.00. The summed E-state index contributed by atoms with van der Waals surface area (Å²) in [5, 5.41) is 21.2. The van der Waals surface area contributed by atoms with Crippen molar-refractivity contribution in [3.8, 4) is 0 Å². The number of hydrogen-bond acceptors (Lipinski definition) is 6. The number of aliphatic hydroxyl groups is 2. The molecule has 0 bridgehead atoms. The molecule has 6 nitrogen and oxygen atoms in total. The standard InChI is InChI=1S/C20H26O6/c1-12-7-16(22)20-11-25-18(20,10-21)5-2-3-15(20)19(12)8-14(26-17(19)23)13-4-6-24-9-13/h4,6,9,12,14-16,21-22H,2-3,5,7-8,10-11H2,1H3/t12-,14+,15-,16+,18+,19+,20+/m1/s1. The molecule has 4 fully saturated rings. The number of furan rings is 1. The fraction of sp³-hybridized carbons (Fsp3) is 0.750. The minimum Gasteiger partial charge on any atom is -0.472 e. The fourth-order valence-electron chi connectivity index (χ4n) is 6.74. The van der Waals surface area contributed by atoms with Gasteiger partial charge in [-0.2, -0.15) is 0 Å². The molecule has 0 amide bonds. The van der Waals surface area contributed by atoms with E-state index in [-0.39, 0.29) is 30.5 Å². The Labute approximate surface area is 152 Å². The monoisotopic (exact) mass is 362 g/mol. The van der Waals surface area contributed by atoms with Crippen molar-refractivity contribution in [3.05, 3.63) is 24.2 Å². The van der Waals surface area contributed by atoms with E-state index in [2.05, 4.69) is 6.92 Å². The van der Waals surface area contributed by atoms with Crippen LogP contribution in [0.2, 0.25) is 0 Å². The van der Waals surface area contributed by atoms with E-state index in [1.807, 2.05) is 6.07 Å². The van der Waals surface area contributed by atoms with Gasteiger partial charge < -0.3 is 24.1 Å². The molecule has 7 atom stereocenters. The molecule has 2 aliphatic carbocycles. The Morgan fingerprint density at radius 1 is 1.38 bits per heavy atom. The van der Waals surface area contributed by atoms with Gasteiger partial charge in [0, 0.05) is 12.0 Å². The average Bonchev–Trinajstić information content (AvgIpc) is 3.23. The second kappa shape index (κ2) is 5.33. The van der Waals surface area contributed by atoms with Crippen LogP contribution in [0.15, 0.2) is 23.0 Å². The van der Waals surface area contributed by atoms with Gasteiger partial charge >= 0.3 is 5.97 Å². The highest BCUT2D eigenvalue weighted by Gasteiger charge is 2.77. The third kappa shape index (κ3) is 1.71. The maximum atomic E-state index is 13.3. The van der Waals surface area contributed by atoms with Crippen molar-refractivity contribution >= 4 is 5.97 Å². The van der Waals surface area contributed by atoms with Crippen LogP contribution >= 0.6 is 0 Å². The molecule has 5 rings (SSSR count). The van der Waals surface area contributed by atoms with Gasteiger partial charge in [0.15, 0.2) is 0 Å². The SMILES string of the molecule is C[C@@H]1C[C@H](O)[C@@]23CO[C@]2(CO)CCC[C@@H]3[C@]12C[C@@H](c1ccoc1)OC2=O. The van der Waals surface area contributed by atoms with Crippen molar-refractivity contribution in [1.29, 1.82) is 0 Å². The molecule has 142 valence electrons. The lowest BCUT2D eigenvalue weighted by molar-refractivity contribution is -0.373. The smallest absolute Gasteiger partial charge is 0.313 e. The number of cyclic esters (lactones) is 1. The minimum absolute atomic E-state index is 0.0209. The van der Waals surface area contributed by atoms with Crippen LogP contribution in [0.4, 0.5) is 0 Å². The summed E-state index contributed by atoms with van der Waals surface area (Å²) in [6, 6.07) is 1.85. The molecule has 0 unspecified atom stereocenters. The molecule has 2 aliphatic heterocycles. The van der Waals surface area contributed by atoms with E-state index in [9.17, 15) is 15.0 Å². The molecular weight excluding hydrogens is 336 g/mol. The van der Waals surface area contributed by atoms with Crippen LogP contribution in [0.25, 0.3) is 0 Å². The van der Waals surface area contributed by atoms with E-state index in [4.69, 9.17) is 13.9 Å². The molecule has 1 aromatic heterocycles. The van der Waals surface area contributed by atoms with Gasteiger partial charge in [-0.15, -0.1) is 0 Å². The Bertz CT molecular complexity index is 712. The van der Waals surface area contributed by atoms with Crippen molar-refractivity contribution in [2.75, 3.05) is 13.2 Å². The Balaban J connectivity index is 1.59. The molecule has 26 heavy (non-hydrogen) atoms. The zero-order valence-electron chi connectivity index (χ0n) is 15.0. The van der Waals surface area contributed by atoms with Crippen LogP contribution in [-0.2, 0) is 14.3 Å². The molecule has 4 aliphatic rings. The van der Waals surface area contributed by atoms with Crippen LogP contribution < -0.4 is 0 Å². The first kappa shape index (κ1) is 16.8. The van der Waals surface area contributed by atoms with E-state index < -0.39 is 22.5 Å². The quantitative estimate of drug-likeness (QED) is 0.784. The third-order valence-corrected chi connectivity index (χ3v) is 8.13. The summed E-state index contributed by atoms with van der Waals surface area (Å²) < 4.78 is 16.9. The maximum Gasteiger partial charge on any atom is 0.313 e. The lowest BCUT2D eigenvalue weighted by atomic mass is 9.40. The molecule has 0 radical (unpaired) electrons. The summed E-state index contributed by atoms with van der Waals surface area (Å²) in [6.45, 7) is 2.37. The predicted octanol–water partition coefficient (Wildman–Crippen LogP) is 2.20. The van der Waals surface area contributed by atoms with Crippen molar-refractivity contribution in [2.45, 2.75) is 56.8 Å². The van der Waals surface area contributed by atoms with E-state index in [0.717, 1.165) is 24.8 Å².